The molecule has 1 fully saturated rings. The van der Waals surface area contributed by atoms with E-state index < -0.39 is 0 Å². The van der Waals surface area contributed by atoms with E-state index in [1.54, 1.807) is 7.11 Å². The van der Waals surface area contributed by atoms with Crippen LogP contribution in [0.25, 0.3) is 21.3 Å². The maximum Gasteiger partial charge on any atom is 0.264 e. The Morgan fingerprint density at radius 3 is 2.71 bits per heavy atom. The zero-order valence-electron chi connectivity index (χ0n) is 15.9. The van der Waals surface area contributed by atoms with Crippen LogP contribution < -0.4 is 4.74 Å². The topological polar surface area (TPSA) is 51.7 Å². The van der Waals surface area contributed by atoms with Crippen LogP contribution in [0.5, 0.6) is 5.75 Å². The van der Waals surface area contributed by atoms with Gasteiger partial charge in [0.25, 0.3) is 5.91 Å². The molecule has 146 valence electrons. The molecule has 5 nitrogen and oxygen atoms in total. The van der Waals surface area contributed by atoms with Gasteiger partial charge >= 0.3 is 0 Å². The van der Waals surface area contributed by atoms with Gasteiger partial charge < -0.3 is 14.4 Å². The van der Waals surface area contributed by atoms with Crippen molar-refractivity contribution < 1.29 is 14.3 Å². The van der Waals surface area contributed by atoms with Crippen molar-refractivity contribution in [3.8, 4) is 16.2 Å². The fraction of sp³-hybridized carbons (Fsp3) is 0.333. The molecule has 1 amide bonds. The molecule has 1 aromatic carbocycles. The van der Waals surface area contributed by atoms with Crippen LogP contribution in [-0.4, -0.2) is 48.2 Å². The summed E-state index contributed by atoms with van der Waals surface area (Å²) in [6.45, 7) is 5.23. The maximum atomic E-state index is 13.0. The Bertz CT molecular complexity index is 1030. The fourth-order valence-corrected chi connectivity index (χ4v) is 5.10. The lowest BCUT2D eigenvalue weighted by atomic mass is 10.1. The molecule has 1 aliphatic heterocycles. The van der Waals surface area contributed by atoms with Crippen molar-refractivity contribution in [1.29, 1.82) is 0 Å². The number of amides is 1. The zero-order chi connectivity index (χ0) is 19.8. The third-order valence-electron chi connectivity index (χ3n) is 4.79. The van der Waals surface area contributed by atoms with Crippen molar-refractivity contribution in [2.24, 2.45) is 0 Å². The minimum absolute atomic E-state index is 0.0497. The Hall–Kier alpha value is -1.96. The summed E-state index contributed by atoms with van der Waals surface area (Å²) in [5.74, 6) is 0.814. The Morgan fingerprint density at radius 1 is 1.25 bits per heavy atom. The average molecular weight is 461 g/mol. The highest BCUT2D eigenvalue weighted by atomic mass is 79.9. The predicted molar refractivity (Wildman–Crippen MR) is 115 cm³/mol. The van der Waals surface area contributed by atoms with Gasteiger partial charge in [-0.1, -0.05) is 6.07 Å². The van der Waals surface area contributed by atoms with Gasteiger partial charge in [-0.15, -0.1) is 11.3 Å². The van der Waals surface area contributed by atoms with Gasteiger partial charge in [0, 0.05) is 34.0 Å². The molecule has 1 aliphatic rings. The standard InChI is InChI=1S/C21H21BrN2O3S/c1-12-10-24(11-13(2)27-12)21(25)18-8-7-17(28-18)15-9-23-19-14(20(15)26-3)5-4-6-16(19)22/h4-9,12-13H,10-11H2,1-3H3/t12-,13+. The summed E-state index contributed by atoms with van der Waals surface area (Å²) in [5, 5.41) is 0.937. The van der Waals surface area contributed by atoms with E-state index in [0.717, 1.165) is 31.6 Å². The predicted octanol–water partition coefficient (Wildman–Crippen LogP) is 4.98. The van der Waals surface area contributed by atoms with E-state index in [9.17, 15) is 4.79 Å². The lowest BCUT2D eigenvalue weighted by Crippen LogP contribution is -2.48. The fourth-order valence-electron chi connectivity index (χ4n) is 3.66. The maximum absolute atomic E-state index is 13.0. The number of aromatic nitrogens is 1. The minimum atomic E-state index is 0.0497. The van der Waals surface area contributed by atoms with Gasteiger partial charge in [-0.05, 0) is 54.0 Å². The van der Waals surface area contributed by atoms with Crippen molar-refractivity contribution in [2.45, 2.75) is 26.1 Å². The Labute approximate surface area is 176 Å². The summed E-state index contributed by atoms with van der Waals surface area (Å²) >= 11 is 5.01. The minimum Gasteiger partial charge on any atom is -0.495 e. The lowest BCUT2D eigenvalue weighted by Gasteiger charge is -2.35. The number of fused-ring (bicyclic) bond motifs is 1. The molecule has 2 atom stereocenters. The van der Waals surface area contributed by atoms with Crippen molar-refractivity contribution in [1.82, 2.24) is 9.88 Å². The number of morpholine rings is 1. The number of methoxy groups -OCH3 is 1. The molecule has 0 radical (unpaired) electrons. The smallest absolute Gasteiger partial charge is 0.264 e. The van der Waals surface area contributed by atoms with Crippen molar-refractivity contribution in [3.63, 3.8) is 0 Å². The van der Waals surface area contributed by atoms with Crippen LogP contribution >= 0.6 is 27.3 Å². The third kappa shape index (κ3) is 3.54. The number of nitrogens with zero attached hydrogens (tertiary/aromatic N) is 2. The number of carbonyl (C=O) groups excluding carboxylic acids is 1. The molecular formula is C21H21BrN2O3S. The molecule has 2 aromatic heterocycles. The highest BCUT2D eigenvalue weighted by molar-refractivity contribution is 9.10. The quantitative estimate of drug-likeness (QED) is 0.552. The first kappa shape index (κ1) is 19.4. The van der Waals surface area contributed by atoms with Crippen molar-refractivity contribution in [2.75, 3.05) is 20.2 Å². The molecule has 3 aromatic rings. The van der Waals surface area contributed by atoms with Gasteiger partial charge in [0.05, 0.1) is 35.3 Å². The number of rotatable bonds is 3. The van der Waals surface area contributed by atoms with Gasteiger partial charge in [0.1, 0.15) is 5.75 Å². The largest absolute Gasteiger partial charge is 0.495 e. The molecular weight excluding hydrogens is 440 g/mol. The van der Waals surface area contributed by atoms with Crippen LogP contribution in [0.1, 0.15) is 23.5 Å². The molecule has 1 saturated heterocycles. The van der Waals surface area contributed by atoms with Crippen LogP contribution in [0, 0.1) is 0 Å². The number of pyridine rings is 1. The van der Waals surface area contributed by atoms with Crippen LogP contribution in [0.3, 0.4) is 0 Å². The summed E-state index contributed by atoms with van der Waals surface area (Å²) in [7, 11) is 1.66. The van der Waals surface area contributed by atoms with Gasteiger partial charge in [0.15, 0.2) is 0 Å². The highest BCUT2D eigenvalue weighted by Gasteiger charge is 2.27. The zero-order valence-corrected chi connectivity index (χ0v) is 18.3. The van der Waals surface area contributed by atoms with Gasteiger partial charge in [0.2, 0.25) is 0 Å². The Kier molecular flexibility index (Phi) is 5.40. The van der Waals surface area contributed by atoms with E-state index >= 15 is 0 Å². The second kappa shape index (κ2) is 7.81. The highest BCUT2D eigenvalue weighted by Crippen LogP contribution is 2.40. The summed E-state index contributed by atoms with van der Waals surface area (Å²) < 4.78 is 12.4. The molecule has 0 saturated carbocycles. The average Bonchev–Trinajstić information content (AvgIpc) is 3.16. The summed E-state index contributed by atoms with van der Waals surface area (Å²) in [6, 6.07) is 9.77. The first-order valence-electron chi connectivity index (χ1n) is 9.14. The molecule has 0 aliphatic carbocycles. The molecule has 0 spiro atoms. The first-order chi connectivity index (χ1) is 13.5. The van der Waals surface area contributed by atoms with Crippen molar-refractivity contribution >= 4 is 44.1 Å². The number of hydrogen-bond acceptors (Lipinski definition) is 5. The molecule has 0 bridgehead atoms. The van der Waals surface area contributed by atoms with Gasteiger partial charge in [-0.25, -0.2) is 0 Å². The molecule has 7 heteroatoms. The molecule has 0 unspecified atom stereocenters. The Morgan fingerprint density at radius 2 is 2.00 bits per heavy atom. The molecule has 28 heavy (non-hydrogen) atoms. The number of ether oxygens (including phenoxy) is 2. The van der Waals surface area contributed by atoms with Gasteiger partial charge in [-0.3, -0.25) is 9.78 Å². The third-order valence-corrected chi connectivity index (χ3v) is 6.54. The van der Waals surface area contributed by atoms with Crippen LogP contribution in [0.15, 0.2) is 41.0 Å². The number of carbonyl (C=O) groups is 1. The van der Waals surface area contributed by atoms with Gasteiger partial charge in [-0.2, -0.15) is 0 Å². The molecule has 3 heterocycles. The second-order valence-corrected chi connectivity index (χ2v) is 8.91. The monoisotopic (exact) mass is 460 g/mol. The number of hydrogen-bond donors (Lipinski definition) is 0. The van der Waals surface area contributed by atoms with E-state index in [1.165, 1.54) is 11.3 Å². The number of para-hydroxylation sites is 1. The number of thiophene rings is 1. The Balaban J connectivity index is 1.69. The SMILES string of the molecule is COc1c(-c2ccc(C(=O)N3C[C@@H](C)O[C@@H](C)C3)s2)cnc2c(Br)cccc12. The number of benzene rings is 1. The second-order valence-electron chi connectivity index (χ2n) is 6.97. The van der Waals surface area contributed by atoms with E-state index in [2.05, 4.69) is 20.9 Å². The van der Waals surface area contributed by atoms with Crippen LogP contribution in [0.2, 0.25) is 0 Å². The molecule has 0 N–H and O–H groups in total. The van der Waals surface area contributed by atoms with E-state index in [-0.39, 0.29) is 18.1 Å². The summed E-state index contributed by atoms with van der Waals surface area (Å²) in [6.07, 6.45) is 1.91. The lowest BCUT2D eigenvalue weighted by molar-refractivity contribution is -0.0585. The van der Waals surface area contributed by atoms with Crippen molar-refractivity contribution in [3.05, 3.63) is 45.9 Å². The summed E-state index contributed by atoms with van der Waals surface area (Å²) in [4.78, 5) is 21.1. The summed E-state index contributed by atoms with van der Waals surface area (Å²) in [5.41, 5.74) is 1.74. The molecule has 4 rings (SSSR count). The van der Waals surface area contributed by atoms with E-state index in [0.29, 0.717) is 18.0 Å². The van der Waals surface area contributed by atoms with E-state index in [1.807, 2.05) is 55.3 Å². The van der Waals surface area contributed by atoms with Crippen LogP contribution in [0.4, 0.5) is 0 Å². The normalized spacial score (nSPS) is 19.8. The first-order valence-corrected chi connectivity index (χ1v) is 10.7. The van der Waals surface area contributed by atoms with Crippen LogP contribution in [-0.2, 0) is 4.74 Å². The van der Waals surface area contributed by atoms with E-state index in [4.69, 9.17) is 9.47 Å². The number of halogens is 1.